The first kappa shape index (κ1) is 28.0. The maximum Gasteiger partial charge on any atom is 0.252 e. The smallest absolute Gasteiger partial charge is 0.252 e. The second kappa shape index (κ2) is 10.3. The number of hydrogen-bond acceptors (Lipinski definition) is 4. The summed E-state index contributed by atoms with van der Waals surface area (Å²) in [6.45, 7) is 9.21. The largest absolute Gasteiger partial charge is 0.311 e. The summed E-state index contributed by atoms with van der Waals surface area (Å²) in [5, 5.41) is 0. The molecule has 0 radical (unpaired) electrons. The van der Waals surface area contributed by atoms with Crippen LogP contribution in [0.4, 0.5) is 34.1 Å². The first-order valence-corrected chi connectivity index (χ1v) is 17.6. The molecule has 0 fully saturated rings. The van der Waals surface area contributed by atoms with E-state index in [0.717, 1.165) is 0 Å². The van der Waals surface area contributed by atoms with Crippen molar-refractivity contribution in [2.45, 2.75) is 52.7 Å². The van der Waals surface area contributed by atoms with Crippen LogP contribution in [0, 0.1) is 6.92 Å². The maximum absolute atomic E-state index is 2.55. The Morgan fingerprint density at radius 3 is 1.98 bits per heavy atom. The van der Waals surface area contributed by atoms with E-state index in [9.17, 15) is 0 Å². The first-order chi connectivity index (χ1) is 22.3. The molecule has 3 aliphatic rings. The van der Waals surface area contributed by atoms with E-state index in [-0.39, 0.29) is 12.1 Å². The van der Waals surface area contributed by atoms with Crippen molar-refractivity contribution >= 4 is 80.7 Å². The van der Waals surface area contributed by atoms with Gasteiger partial charge in [-0.05, 0) is 107 Å². The summed E-state index contributed by atoms with van der Waals surface area (Å²) >= 11 is 3.74. The lowest BCUT2D eigenvalue weighted by atomic mass is 9.33. The number of anilines is 6. The second-order valence-electron chi connectivity index (χ2n) is 13.5. The highest BCUT2D eigenvalue weighted by Crippen LogP contribution is 2.50. The monoisotopic (exact) mass is 628 g/mol. The van der Waals surface area contributed by atoms with E-state index in [4.69, 9.17) is 0 Å². The van der Waals surface area contributed by atoms with E-state index in [2.05, 4.69) is 165 Å². The Labute approximate surface area is 280 Å². The van der Waals surface area contributed by atoms with Gasteiger partial charge in [0.05, 0.1) is 5.69 Å². The SMILES string of the molecule is Cc1cc2c3c(c1)N1c4cccc(c4)Sc4ccccc4Sc4cccc(c41)B3c1ccccc1N2c1ccc(C(C)(C)C)cc1. The number of rotatable bonds is 1. The molecule has 46 heavy (non-hydrogen) atoms. The van der Waals surface area contributed by atoms with Gasteiger partial charge in [-0.1, -0.05) is 105 Å². The quantitative estimate of drug-likeness (QED) is 0.167. The van der Waals surface area contributed by atoms with Gasteiger partial charge in [0.25, 0.3) is 6.71 Å². The molecule has 0 N–H and O–H groups in total. The third kappa shape index (κ3) is 4.29. The minimum absolute atomic E-state index is 0.0990. The van der Waals surface area contributed by atoms with Crippen molar-refractivity contribution in [1.82, 2.24) is 0 Å². The molecule has 6 aromatic carbocycles. The summed E-state index contributed by atoms with van der Waals surface area (Å²) < 4.78 is 0. The van der Waals surface area contributed by atoms with Crippen molar-refractivity contribution in [3.05, 3.63) is 139 Å². The molecule has 3 heterocycles. The molecule has 0 saturated carbocycles. The molecule has 0 saturated heterocycles. The third-order valence-corrected chi connectivity index (χ3v) is 11.8. The Bertz CT molecular complexity index is 2180. The lowest BCUT2D eigenvalue weighted by Crippen LogP contribution is -2.61. The van der Waals surface area contributed by atoms with Gasteiger partial charge in [-0.25, -0.2) is 0 Å². The Balaban J connectivity index is 1.35. The van der Waals surface area contributed by atoms with Gasteiger partial charge in [0, 0.05) is 48.0 Å². The lowest BCUT2D eigenvalue weighted by molar-refractivity contribution is 0.590. The summed E-state index contributed by atoms with van der Waals surface area (Å²) in [6.07, 6.45) is 0. The molecule has 0 aliphatic carbocycles. The van der Waals surface area contributed by atoms with Gasteiger partial charge in [-0.3, -0.25) is 0 Å². The minimum Gasteiger partial charge on any atom is -0.311 e. The third-order valence-electron chi connectivity index (χ3n) is 9.47. The van der Waals surface area contributed by atoms with E-state index >= 15 is 0 Å². The number of nitrogens with zero attached hydrogens (tertiary/aromatic N) is 2. The Morgan fingerprint density at radius 1 is 0.543 bits per heavy atom. The number of para-hydroxylation sites is 2. The number of fused-ring (bicyclic) bond motifs is 8. The zero-order valence-electron chi connectivity index (χ0n) is 26.4. The highest BCUT2D eigenvalue weighted by atomic mass is 32.2. The van der Waals surface area contributed by atoms with E-state index in [1.165, 1.54) is 81.2 Å². The van der Waals surface area contributed by atoms with Crippen molar-refractivity contribution in [3.63, 3.8) is 0 Å². The van der Waals surface area contributed by atoms with Gasteiger partial charge in [-0.15, -0.1) is 0 Å². The molecule has 222 valence electrons. The van der Waals surface area contributed by atoms with Gasteiger partial charge in [0.15, 0.2) is 0 Å². The predicted molar refractivity (Wildman–Crippen MR) is 199 cm³/mol. The summed E-state index contributed by atoms with van der Waals surface area (Å²) in [5.74, 6) is 0. The van der Waals surface area contributed by atoms with E-state index in [0.29, 0.717) is 0 Å². The molecule has 0 unspecified atom stereocenters. The van der Waals surface area contributed by atoms with Gasteiger partial charge in [-0.2, -0.15) is 0 Å². The molecule has 0 spiro atoms. The van der Waals surface area contributed by atoms with Crippen molar-refractivity contribution in [1.29, 1.82) is 0 Å². The molecule has 0 amide bonds. The van der Waals surface area contributed by atoms with Crippen LogP contribution in [0.2, 0.25) is 0 Å². The minimum atomic E-state index is 0.0990. The lowest BCUT2D eigenvalue weighted by Gasteiger charge is -2.45. The van der Waals surface area contributed by atoms with Crippen molar-refractivity contribution < 1.29 is 0 Å². The van der Waals surface area contributed by atoms with Gasteiger partial charge in [0.1, 0.15) is 0 Å². The number of aryl methyl sites for hydroxylation is 1. The summed E-state index contributed by atoms with van der Waals surface area (Å²) in [6, 6.07) is 47.9. The summed E-state index contributed by atoms with van der Waals surface area (Å²) in [5.41, 5.74) is 14.2. The molecule has 0 atom stereocenters. The normalized spacial score (nSPS) is 14.2. The van der Waals surface area contributed by atoms with Crippen LogP contribution in [0.5, 0.6) is 0 Å². The predicted octanol–water partition coefficient (Wildman–Crippen LogP) is 9.99. The van der Waals surface area contributed by atoms with E-state index in [1.54, 1.807) is 0 Å². The Kier molecular flexibility index (Phi) is 6.29. The van der Waals surface area contributed by atoms with Gasteiger partial charge < -0.3 is 9.80 Å². The number of hydrogen-bond donors (Lipinski definition) is 0. The molecule has 3 aliphatic heterocycles. The highest BCUT2D eigenvalue weighted by Gasteiger charge is 2.44. The Hall–Kier alpha value is -4.32. The van der Waals surface area contributed by atoms with Crippen LogP contribution >= 0.6 is 23.5 Å². The Morgan fingerprint density at radius 2 is 1.20 bits per heavy atom. The number of benzene rings is 6. The molecule has 2 nitrogen and oxygen atoms in total. The van der Waals surface area contributed by atoms with E-state index in [1.807, 2.05) is 23.5 Å². The van der Waals surface area contributed by atoms with Crippen LogP contribution in [0.3, 0.4) is 0 Å². The fourth-order valence-corrected chi connectivity index (χ4v) is 9.54. The molecular formula is C41H33BN2S2. The standard InChI is InChI=1S/C41H33BN2S2/c1-26-23-34-39-35(24-26)44-29-11-9-12-30(25-29)45-36-16-7-8-17-37(36)46-38-18-10-14-32(40(38)44)42(39)31-13-5-6-15-33(31)43(34)28-21-19-27(20-22-28)41(2,3)4/h5-25H,1-4H3. The fourth-order valence-electron chi connectivity index (χ4n) is 7.39. The molecule has 2 bridgehead atoms. The summed E-state index contributed by atoms with van der Waals surface area (Å²) in [7, 11) is 0. The summed E-state index contributed by atoms with van der Waals surface area (Å²) in [4.78, 5) is 10.2. The van der Waals surface area contributed by atoms with Crippen molar-refractivity contribution in [3.8, 4) is 0 Å². The zero-order chi connectivity index (χ0) is 31.2. The molecule has 6 aromatic rings. The first-order valence-electron chi connectivity index (χ1n) is 16.0. The second-order valence-corrected chi connectivity index (χ2v) is 15.7. The molecular weight excluding hydrogens is 595 g/mol. The molecule has 5 heteroatoms. The van der Waals surface area contributed by atoms with Crippen LogP contribution in [-0.4, -0.2) is 6.71 Å². The fraction of sp³-hybridized carbons (Fsp3) is 0.122. The average Bonchev–Trinajstić information content (AvgIpc) is 3.05. The van der Waals surface area contributed by atoms with Crippen molar-refractivity contribution in [2.75, 3.05) is 9.80 Å². The average molecular weight is 629 g/mol. The van der Waals surface area contributed by atoms with Crippen LogP contribution in [0.15, 0.2) is 147 Å². The zero-order valence-corrected chi connectivity index (χ0v) is 28.0. The van der Waals surface area contributed by atoms with Crippen LogP contribution in [-0.2, 0) is 5.41 Å². The van der Waals surface area contributed by atoms with Crippen LogP contribution in [0.25, 0.3) is 0 Å². The van der Waals surface area contributed by atoms with Crippen LogP contribution < -0.4 is 26.2 Å². The van der Waals surface area contributed by atoms with E-state index < -0.39 is 0 Å². The van der Waals surface area contributed by atoms with Crippen LogP contribution in [0.1, 0.15) is 31.9 Å². The van der Waals surface area contributed by atoms with Gasteiger partial charge >= 0.3 is 0 Å². The van der Waals surface area contributed by atoms with Crippen molar-refractivity contribution in [2.24, 2.45) is 0 Å². The molecule has 9 rings (SSSR count). The molecule has 0 aromatic heterocycles. The highest BCUT2D eigenvalue weighted by molar-refractivity contribution is 8.02. The maximum atomic E-state index is 2.55. The van der Waals surface area contributed by atoms with Gasteiger partial charge in [0.2, 0.25) is 0 Å². The topological polar surface area (TPSA) is 6.48 Å².